The number of sulfonamides is 1. The molecule has 28 heavy (non-hydrogen) atoms. The molecule has 0 spiro atoms. The van der Waals surface area contributed by atoms with E-state index in [9.17, 15) is 18.3 Å². The number of azo groups is 1. The second kappa shape index (κ2) is 7.66. The standard InChI is InChI=1S/C17H16ClN5O4S/c1-10-16(17(25)23(22-10)12-5-3-4-11(18)8-12)21-20-14-9-13(6-7-15(14)24)28(26,27)19-2/h3-9,16,19,24H,1-2H3. The van der Waals surface area contributed by atoms with Crippen molar-refractivity contribution < 1.29 is 18.3 Å². The van der Waals surface area contributed by atoms with Crippen LogP contribution in [0.4, 0.5) is 11.4 Å². The van der Waals surface area contributed by atoms with Crippen LogP contribution in [0.1, 0.15) is 6.92 Å². The fourth-order valence-corrected chi connectivity index (χ4v) is 3.40. The fourth-order valence-electron chi connectivity index (χ4n) is 2.47. The van der Waals surface area contributed by atoms with Crippen molar-refractivity contribution in [2.75, 3.05) is 12.1 Å². The predicted molar refractivity (Wildman–Crippen MR) is 105 cm³/mol. The number of anilines is 1. The quantitative estimate of drug-likeness (QED) is 0.720. The van der Waals surface area contributed by atoms with Crippen LogP contribution in [0.3, 0.4) is 0 Å². The van der Waals surface area contributed by atoms with E-state index in [0.717, 1.165) is 6.07 Å². The number of nitrogens with one attached hydrogen (secondary N) is 1. The average Bonchev–Trinajstić information content (AvgIpc) is 2.95. The van der Waals surface area contributed by atoms with Gasteiger partial charge in [0.25, 0.3) is 5.91 Å². The van der Waals surface area contributed by atoms with E-state index in [1.807, 2.05) is 0 Å². The number of carbonyl (C=O) groups excluding carboxylic acids is 1. The summed E-state index contributed by atoms with van der Waals surface area (Å²) in [6, 6.07) is 9.22. The third-order valence-corrected chi connectivity index (χ3v) is 5.60. The Hall–Kier alpha value is -2.82. The summed E-state index contributed by atoms with van der Waals surface area (Å²) in [6.07, 6.45) is 0. The highest BCUT2D eigenvalue weighted by Crippen LogP contribution is 2.31. The summed E-state index contributed by atoms with van der Waals surface area (Å²) in [5, 5.41) is 23.6. The maximum absolute atomic E-state index is 12.7. The van der Waals surface area contributed by atoms with Crippen molar-refractivity contribution in [1.82, 2.24) is 4.72 Å². The molecule has 1 heterocycles. The number of rotatable bonds is 5. The molecule has 2 aromatic rings. The van der Waals surface area contributed by atoms with Gasteiger partial charge in [0.1, 0.15) is 11.4 Å². The second-order valence-corrected chi connectivity index (χ2v) is 8.17. The van der Waals surface area contributed by atoms with Crippen LogP contribution in [0.2, 0.25) is 5.02 Å². The van der Waals surface area contributed by atoms with Gasteiger partial charge in [0, 0.05) is 5.02 Å². The lowest BCUT2D eigenvalue weighted by molar-refractivity contribution is -0.117. The molecule has 0 aliphatic carbocycles. The average molecular weight is 422 g/mol. The molecule has 3 rings (SSSR count). The zero-order valence-corrected chi connectivity index (χ0v) is 16.4. The highest BCUT2D eigenvalue weighted by Gasteiger charge is 2.34. The van der Waals surface area contributed by atoms with Gasteiger partial charge in [0.15, 0.2) is 6.04 Å². The molecule has 0 radical (unpaired) electrons. The van der Waals surface area contributed by atoms with Crippen molar-refractivity contribution in [2.24, 2.45) is 15.3 Å². The Labute approximate surface area is 166 Å². The maximum atomic E-state index is 12.7. The highest BCUT2D eigenvalue weighted by molar-refractivity contribution is 7.89. The Morgan fingerprint density at radius 3 is 2.68 bits per heavy atom. The molecule has 11 heteroatoms. The molecule has 2 N–H and O–H groups in total. The first-order valence-electron chi connectivity index (χ1n) is 8.05. The fraction of sp³-hybridized carbons (Fsp3) is 0.176. The lowest BCUT2D eigenvalue weighted by Gasteiger charge is -2.12. The van der Waals surface area contributed by atoms with E-state index in [4.69, 9.17) is 11.6 Å². The Bertz CT molecular complexity index is 1100. The first kappa shape index (κ1) is 19.9. The third kappa shape index (κ3) is 3.88. The summed E-state index contributed by atoms with van der Waals surface area (Å²) in [6.45, 7) is 1.62. The van der Waals surface area contributed by atoms with Crippen LogP contribution in [-0.4, -0.2) is 38.2 Å². The van der Waals surface area contributed by atoms with Crippen LogP contribution in [0.5, 0.6) is 5.75 Å². The van der Waals surface area contributed by atoms with Crippen LogP contribution < -0.4 is 9.73 Å². The van der Waals surface area contributed by atoms with Gasteiger partial charge in [0.05, 0.1) is 16.3 Å². The van der Waals surface area contributed by atoms with Crippen LogP contribution in [0.15, 0.2) is 62.7 Å². The molecule has 2 aromatic carbocycles. The number of hydrazone groups is 1. The largest absolute Gasteiger partial charge is 0.506 e. The maximum Gasteiger partial charge on any atom is 0.280 e. The zero-order valence-electron chi connectivity index (χ0n) is 14.9. The molecule has 0 saturated heterocycles. The predicted octanol–water partition coefficient (Wildman–Crippen LogP) is 2.83. The SMILES string of the molecule is CNS(=O)(=O)c1ccc(O)c(N=NC2C(=O)N(c3cccc(Cl)c3)N=C2C)c1. The first-order valence-corrected chi connectivity index (χ1v) is 9.91. The Kier molecular flexibility index (Phi) is 5.45. The van der Waals surface area contributed by atoms with Crippen molar-refractivity contribution >= 4 is 44.6 Å². The Morgan fingerprint density at radius 1 is 1.25 bits per heavy atom. The van der Waals surface area contributed by atoms with Crippen molar-refractivity contribution in [3.8, 4) is 5.75 Å². The van der Waals surface area contributed by atoms with Gasteiger partial charge in [-0.2, -0.15) is 20.3 Å². The van der Waals surface area contributed by atoms with Crippen molar-refractivity contribution in [2.45, 2.75) is 17.9 Å². The zero-order chi connectivity index (χ0) is 20.5. The summed E-state index contributed by atoms with van der Waals surface area (Å²) in [4.78, 5) is 12.6. The monoisotopic (exact) mass is 421 g/mol. The molecule has 1 atom stereocenters. The van der Waals surface area contributed by atoms with Crippen molar-refractivity contribution in [3.63, 3.8) is 0 Å². The lowest BCUT2D eigenvalue weighted by Crippen LogP contribution is -2.29. The molecular weight excluding hydrogens is 406 g/mol. The summed E-state index contributed by atoms with van der Waals surface area (Å²) < 4.78 is 26.0. The van der Waals surface area contributed by atoms with Crippen molar-refractivity contribution in [3.05, 3.63) is 47.5 Å². The van der Waals surface area contributed by atoms with Crippen molar-refractivity contribution in [1.29, 1.82) is 0 Å². The number of hydrogen-bond acceptors (Lipinski definition) is 7. The molecule has 0 aromatic heterocycles. The van der Waals surface area contributed by atoms with Gasteiger partial charge in [0.2, 0.25) is 10.0 Å². The number of carbonyl (C=O) groups is 1. The number of halogens is 1. The molecule has 0 saturated carbocycles. The van der Waals surface area contributed by atoms with Crippen LogP contribution in [0, 0.1) is 0 Å². The normalized spacial score (nSPS) is 17.4. The number of nitrogens with zero attached hydrogens (tertiary/aromatic N) is 4. The number of phenolic OH excluding ortho intramolecular Hbond substituents is 1. The van der Waals surface area contributed by atoms with Gasteiger partial charge in [-0.25, -0.2) is 13.1 Å². The van der Waals surface area contributed by atoms with E-state index >= 15 is 0 Å². The minimum atomic E-state index is -3.72. The van der Waals surface area contributed by atoms with E-state index in [2.05, 4.69) is 20.1 Å². The van der Waals surface area contributed by atoms with Gasteiger partial charge < -0.3 is 5.11 Å². The molecule has 0 fully saturated rings. The van der Waals surface area contributed by atoms with E-state index in [-0.39, 0.29) is 16.3 Å². The molecule has 9 nitrogen and oxygen atoms in total. The van der Waals surface area contributed by atoms with Gasteiger partial charge in [-0.05, 0) is 50.4 Å². The van der Waals surface area contributed by atoms with Gasteiger partial charge in [-0.3, -0.25) is 4.79 Å². The van der Waals surface area contributed by atoms with Gasteiger partial charge in [-0.1, -0.05) is 17.7 Å². The van der Waals surface area contributed by atoms with E-state index in [0.29, 0.717) is 16.4 Å². The minimum absolute atomic E-state index is 0.0851. The lowest BCUT2D eigenvalue weighted by atomic mass is 10.2. The number of phenols is 1. The molecule has 1 aliphatic rings. The molecule has 1 aliphatic heterocycles. The number of amides is 1. The topological polar surface area (TPSA) is 124 Å². The summed E-state index contributed by atoms with van der Waals surface area (Å²) >= 11 is 5.96. The third-order valence-electron chi connectivity index (χ3n) is 3.96. The van der Waals surface area contributed by atoms with Crippen LogP contribution in [0.25, 0.3) is 0 Å². The van der Waals surface area contributed by atoms with E-state index in [1.165, 1.54) is 24.2 Å². The molecule has 0 bridgehead atoms. The molecule has 146 valence electrons. The van der Waals surface area contributed by atoms with Crippen LogP contribution >= 0.6 is 11.6 Å². The van der Waals surface area contributed by atoms with E-state index in [1.54, 1.807) is 31.2 Å². The second-order valence-electron chi connectivity index (χ2n) is 5.85. The van der Waals surface area contributed by atoms with Gasteiger partial charge in [-0.15, -0.1) is 0 Å². The minimum Gasteiger partial charge on any atom is -0.506 e. The Balaban J connectivity index is 1.88. The number of hydrogen-bond donors (Lipinski definition) is 2. The summed E-state index contributed by atoms with van der Waals surface area (Å²) in [5.74, 6) is -0.715. The van der Waals surface area contributed by atoms with Gasteiger partial charge >= 0.3 is 0 Å². The van der Waals surface area contributed by atoms with Crippen LogP contribution in [-0.2, 0) is 14.8 Å². The highest BCUT2D eigenvalue weighted by atomic mass is 35.5. The number of aromatic hydroxyl groups is 1. The number of benzene rings is 2. The van der Waals surface area contributed by atoms with E-state index < -0.39 is 22.0 Å². The first-order chi connectivity index (χ1) is 13.2. The summed E-state index contributed by atoms with van der Waals surface area (Å²) in [5.41, 5.74) is 0.796. The molecular formula is C17H16ClN5O4S. The Morgan fingerprint density at radius 2 is 2.00 bits per heavy atom. The molecule has 1 amide bonds. The smallest absolute Gasteiger partial charge is 0.280 e. The molecule has 1 unspecified atom stereocenters. The summed E-state index contributed by atoms with van der Waals surface area (Å²) in [7, 11) is -2.45.